The van der Waals surface area contributed by atoms with Crippen molar-refractivity contribution in [2.45, 2.75) is 57.1 Å². The van der Waals surface area contributed by atoms with Crippen LogP contribution in [0.15, 0.2) is 77.7 Å². The van der Waals surface area contributed by atoms with Crippen LogP contribution in [0, 0.1) is 0 Å². The van der Waals surface area contributed by atoms with Gasteiger partial charge in [-0.1, -0.05) is 85.0 Å². The van der Waals surface area contributed by atoms with Crippen LogP contribution < -0.4 is 9.62 Å². The van der Waals surface area contributed by atoms with Crippen LogP contribution in [-0.2, 0) is 26.2 Å². The quantitative estimate of drug-likeness (QED) is 0.247. The van der Waals surface area contributed by atoms with E-state index in [4.69, 9.17) is 34.8 Å². The summed E-state index contributed by atoms with van der Waals surface area (Å²) in [4.78, 5) is 28.8. The van der Waals surface area contributed by atoms with E-state index in [0.717, 1.165) is 4.31 Å². The molecule has 3 rings (SSSR count). The fourth-order valence-electron chi connectivity index (χ4n) is 4.09. The molecule has 0 radical (unpaired) electrons. The minimum atomic E-state index is -4.24. The van der Waals surface area contributed by atoms with Gasteiger partial charge in [-0.3, -0.25) is 13.9 Å². The van der Waals surface area contributed by atoms with Crippen LogP contribution in [0.1, 0.15) is 39.2 Å². The molecule has 2 atom stereocenters. The Morgan fingerprint density at radius 3 is 2.12 bits per heavy atom. The highest BCUT2D eigenvalue weighted by Gasteiger charge is 2.34. The number of hydrogen-bond acceptors (Lipinski definition) is 4. The Kier molecular flexibility index (Phi) is 11.3. The predicted octanol–water partition coefficient (Wildman–Crippen LogP) is 6.56. The van der Waals surface area contributed by atoms with Gasteiger partial charge in [-0.2, -0.15) is 0 Å². The Balaban J connectivity index is 2.09. The number of halogens is 3. The number of nitrogens with zero attached hydrogens (tertiary/aromatic N) is 2. The standard InChI is InChI=1S/C29H32Cl3N3O4S/c1-4-20(3)33-29(37)26(5-2)34(18-21-11-9-10-14-24(21)31)28(36)19-35(27-16-15-22(30)17-25(27)32)40(38,39)23-12-7-6-8-13-23/h6-17,20,26H,4-5,18-19H2,1-3H3,(H,33,37). The molecule has 0 saturated carbocycles. The molecular formula is C29H32Cl3N3O4S. The highest BCUT2D eigenvalue weighted by atomic mass is 35.5. The van der Waals surface area contributed by atoms with Gasteiger partial charge in [-0.25, -0.2) is 8.42 Å². The molecule has 0 saturated heterocycles. The first-order chi connectivity index (χ1) is 19.0. The van der Waals surface area contributed by atoms with Crippen LogP contribution in [0.25, 0.3) is 0 Å². The van der Waals surface area contributed by atoms with Gasteiger partial charge in [-0.15, -0.1) is 0 Å². The van der Waals surface area contributed by atoms with Crippen molar-refractivity contribution in [2.24, 2.45) is 0 Å². The summed E-state index contributed by atoms with van der Waals surface area (Å²) in [5.41, 5.74) is 0.701. The zero-order chi connectivity index (χ0) is 29.4. The minimum absolute atomic E-state index is 0.00147. The maximum Gasteiger partial charge on any atom is 0.264 e. The lowest BCUT2D eigenvalue weighted by molar-refractivity contribution is -0.140. The monoisotopic (exact) mass is 623 g/mol. The van der Waals surface area contributed by atoms with E-state index in [-0.39, 0.29) is 34.1 Å². The molecule has 0 aliphatic heterocycles. The summed E-state index contributed by atoms with van der Waals surface area (Å²) >= 11 is 18.9. The number of anilines is 1. The number of nitrogens with one attached hydrogen (secondary N) is 1. The first-order valence-corrected chi connectivity index (χ1v) is 15.4. The molecule has 0 bridgehead atoms. The Bertz CT molecular complexity index is 1440. The summed E-state index contributed by atoms with van der Waals surface area (Å²) in [5.74, 6) is -0.934. The molecule has 0 heterocycles. The summed E-state index contributed by atoms with van der Waals surface area (Å²) < 4.78 is 28.7. The summed E-state index contributed by atoms with van der Waals surface area (Å²) in [7, 11) is -4.24. The molecule has 2 unspecified atom stereocenters. The van der Waals surface area contributed by atoms with Gasteiger partial charge in [0.2, 0.25) is 11.8 Å². The average Bonchev–Trinajstić information content (AvgIpc) is 2.93. The van der Waals surface area contributed by atoms with Gasteiger partial charge in [0.15, 0.2) is 0 Å². The summed E-state index contributed by atoms with van der Waals surface area (Å²) in [6.07, 6.45) is 1.00. The number of rotatable bonds is 12. The second kappa shape index (κ2) is 14.2. The maximum absolute atomic E-state index is 14.1. The van der Waals surface area contributed by atoms with Gasteiger partial charge in [0, 0.05) is 22.6 Å². The molecule has 7 nitrogen and oxygen atoms in total. The van der Waals surface area contributed by atoms with E-state index in [9.17, 15) is 18.0 Å². The normalized spacial score (nSPS) is 12.8. The Hall–Kier alpha value is -2.78. The first-order valence-electron chi connectivity index (χ1n) is 12.9. The van der Waals surface area contributed by atoms with E-state index in [1.165, 1.54) is 35.2 Å². The molecule has 3 aromatic rings. The van der Waals surface area contributed by atoms with Crippen molar-refractivity contribution in [3.05, 3.63) is 93.4 Å². The number of carbonyl (C=O) groups excluding carboxylic acids is 2. The fourth-order valence-corrected chi connectivity index (χ4v) is 6.30. The Morgan fingerprint density at radius 2 is 1.52 bits per heavy atom. The largest absolute Gasteiger partial charge is 0.352 e. The average molecular weight is 625 g/mol. The lowest BCUT2D eigenvalue weighted by atomic mass is 10.1. The van der Waals surface area contributed by atoms with Crippen LogP contribution in [0.2, 0.25) is 15.1 Å². The smallest absolute Gasteiger partial charge is 0.264 e. The molecule has 0 fully saturated rings. The van der Waals surface area contributed by atoms with Gasteiger partial charge in [0.25, 0.3) is 10.0 Å². The molecule has 0 spiro atoms. The van der Waals surface area contributed by atoms with Crippen molar-refractivity contribution in [2.75, 3.05) is 10.8 Å². The van der Waals surface area contributed by atoms with Crippen molar-refractivity contribution in [1.82, 2.24) is 10.2 Å². The Labute approximate surface area is 251 Å². The maximum atomic E-state index is 14.1. The van der Waals surface area contributed by atoms with Crippen molar-refractivity contribution < 1.29 is 18.0 Å². The molecule has 2 amide bonds. The predicted molar refractivity (Wildman–Crippen MR) is 161 cm³/mol. The third-order valence-electron chi connectivity index (χ3n) is 6.47. The van der Waals surface area contributed by atoms with Crippen LogP contribution in [-0.4, -0.2) is 43.8 Å². The molecule has 40 heavy (non-hydrogen) atoms. The molecule has 3 aromatic carbocycles. The lowest BCUT2D eigenvalue weighted by Gasteiger charge is -2.34. The van der Waals surface area contributed by atoms with Crippen molar-refractivity contribution in [1.29, 1.82) is 0 Å². The van der Waals surface area contributed by atoms with Gasteiger partial charge in [-0.05, 0) is 61.7 Å². The molecule has 0 aliphatic rings. The molecular weight excluding hydrogens is 593 g/mol. The highest BCUT2D eigenvalue weighted by Crippen LogP contribution is 2.33. The molecule has 1 N–H and O–H groups in total. The number of sulfonamides is 1. The molecule has 0 aliphatic carbocycles. The van der Waals surface area contributed by atoms with E-state index >= 15 is 0 Å². The number of amides is 2. The van der Waals surface area contributed by atoms with Crippen LogP contribution in [0.4, 0.5) is 5.69 Å². The lowest BCUT2D eigenvalue weighted by Crippen LogP contribution is -2.53. The summed E-state index contributed by atoms with van der Waals surface area (Å²) in [6, 6.07) is 18.1. The second-order valence-corrected chi connectivity index (χ2v) is 12.4. The third kappa shape index (κ3) is 7.69. The number of carbonyl (C=O) groups is 2. The van der Waals surface area contributed by atoms with Gasteiger partial charge < -0.3 is 10.2 Å². The second-order valence-electron chi connectivity index (χ2n) is 9.28. The zero-order valence-corrected chi connectivity index (χ0v) is 25.6. The highest BCUT2D eigenvalue weighted by molar-refractivity contribution is 7.92. The van der Waals surface area contributed by atoms with Gasteiger partial charge in [0.05, 0.1) is 15.6 Å². The van der Waals surface area contributed by atoms with E-state index in [1.807, 2.05) is 13.8 Å². The van der Waals surface area contributed by atoms with Crippen LogP contribution in [0.5, 0.6) is 0 Å². The van der Waals surface area contributed by atoms with Gasteiger partial charge >= 0.3 is 0 Å². The molecule has 0 aromatic heterocycles. The van der Waals surface area contributed by atoms with E-state index in [0.29, 0.717) is 28.5 Å². The number of hydrogen-bond donors (Lipinski definition) is 1. The fraction of sp³-hybridized carbons (Fsp3) is 0.310. The van der Waals surface area contributed by atoms with E-state index in [1.54, 1.807) is 49.4 Å². The van der Waals surface area contributed by atoms with Crippen molar-refractivity contribution in [3.8, 4) is 0 Å². The minimum Gasteiger partial charge on any atom is -0.352 e. The van der Waals surface area contributed by atoms with E-state index in [2.05, 4.69) is 5.32 Å². The topological polar surface area (TPSA) is 86.8 Å². The van der Waals surface area contributed by atoms with Crippen molar-refractivity contribution >= 4 is 62.3 Å². The SMILES string of the molecule is CCC(C)NC(=O)C(CC)N(Cc1ccccc1Cl)C(=O)CN(c1ccc(Cl)cc1Cl)S(=O)(=O)c1ccccc1. The van der Waals surface area contributed by atoms with Crippen LogP contribution in [0.3, 0.4) is 0 Å². The zero-order valence-electron chi connectivity index (χ0n) is 22.5. The number of benzene rings is 3. The Morgan fingerprint density at radius 1 is 0.875 bits per heavy atom. The summed E-state index contributed by atoms with van der Waals surface area (Å²) in [5, 5.41) is 3.73. The molecule has 214 valence electrons. The first kappa shape index (κ1) is 31.7. The summed E-state index contributed by atoms with van der Waals surface area (Å²) in [6.45, 7) is 5.00. The third-order valence-corrected chi connectivity index (χ3v) is 9.15. The molecule has 11 heteroatoms. The van der Waals surface area contributed by atoms with Crippen molar-refractivity contribution in [3.63, 3.8) is 0 Å². The van der Waals surface area contributed by atoms with Gasteiger partial charge in [0.1, 0.15) is 12.6 Å². The van der Waals surface area contributed by atoms with Crippen LogP contribution >= 0.6 is 34.8 Å². The van der Waals surface area contributed by atoms with E-state index < -0.39 is 28.5 Å².